The maximum atomic E-state index is 13.0. The number of amides is 4. The Balaban J connectivity index is 1.57. The number of carbonyl (C=O) groups excluding carboxylic acids is 3. The van der Waals surface area contributed by atoms with Crippen molar-refractivity contribution in [1.29, 1.82) is 0 Å². The van der Waals surface area contributed by atoms with E-state index in [1.165, 1.54) is 5.56 Å². The first-order valence-electron chi connectivity index (χ1n) is 11.2. The third kappa shape index (κ3) is 4.85. The summed E-state index contributed by atoms with van der Waals surface area (Å²) in [6.07, 6.45) is 6.37. The molecule has 1 aliphatic carbocycles. The van der Waals surface area contributed by atoms with E-state index < -0.39 is 11.6 Å². The number of imide groups is 1. The summed E-state index contributed by atoms with van der Waals surface area (Å²) in [7, 11) is 0. The van der Waals surface area contributed by atoms with E-state index in [9.17, 15) is 14.4 Å². The van der Waals surface area contributed by atoms with Gasteiger partial charge in [0, 0.05) is 5.69 Å². The second kappa shape index (κ2) is 8.78. The zero-order valence-corrected chi connectivity index (χ0v) is 18.7. The molecule has 1 aromatic rings. The van der Waals surface area contributed by atoms with E-state index in [2.05, 4.69) is 38.3 Å². The summed E-state index contributed by atoms with van der Waals surface area (Å²) in [6, 6.07) is 7.27. The second-order valence-electron chi connectivity index (χ2n) is 9.89. The predicted octanol–water partition coefficient (Wildman–Crippen LogP) is 4.49. The van der Waals surface area contributed by atoms with E-state index in [-0.39, 0.29) is 23.8 Å². The minimum atomic E-state index is -0.833. The molecular weight excluding hydrogens is 378 g/mol. The molecule has 0 atom stereocenters. The molecule has 164 valence electrons. The van der Waals surface area contributed by atoms with E-state index in [1.54, 1.807) is 0 Å². The van der Waals surface area contributed by atoms with Gasteiger partial charge in [0.15, 0.2) is 0 Å². The van der Waals surface area contributed by atoms with E-state index in [0.717, 1.165) is 37.0 Å². The van der Waals surface area contributed by atoms with Gasteiger partial charge in [-0.15, -0.1) is 0 Å². The van der Waals surface area contributed by atoms with Gasteiger partial charge in [0.2, 0.25) is 5.91 Å². The molecule has 1 heterocycles. The van der Waals surface area contributed by atoms with Crippen LogP contribution in [0.4, 0.5) is 10.5 Å². The number of carbonyl (C=O) groups is 3. The van der Waals surface area contributed by atoms with Crippen molar-refractivity contribution >= 4 is 23.5 Å². The summed E-state index contributed by atoms with van der Waals surface area (Å²) < 4.78 is 0. The third-order valence-electron chi connectivity index (χ3n) is 6.67. The molecule has 0 bridgehead atoms. The van der Waals surface area contributed by atoms with Crippen molar-refractivity contribution in [3.8, 4) is 0 Å². The summed E-state index contributed by atoms with van der Waals surface area (Å²) in [4.78, 5) is 39.1. The first-order valence-corrected chi connectivity index (χ1v) is 11.2. The van der Waals surface area contributed by atoms with Crippen LogP contribution in [0.1, 0.15) is 71.8 Å². The van der Waals surface area contributed by atoms with Crippen LogP contribution < -0.4 is 10.6 Å². The Labute approximate surface area is 179 Å². The minimum absolute atomic E-state index is 0.193. The van der Waals surface area contributed by atoms with Gasteiger partial charge < -0.3 is 10.6 Å². The highest BCUT2D eigenvalue weighted by Gasteiger charge is 2.53. The highest BCUT2D eigenvalue weighted by atomic mass is 16.2. The number of hydrogen-bond donors (Lipinski definition) is 2. The molecule has 0 radical (unpaired) electrons. The summed E-state index contributed by atoms with van der Waals surface area (Å²) in [5.74, 6) is -0.0874. The lowest BCUT2D eigenvalue weighted by atomic mass is 9.67. The van der Waals surface area contributed by atoms with Crippen LogP contribution in [0.5, 0.6) is 0 Å². The molecule has 1 aliphatic heterocycles. The lowest BCUT2D eigenvalue weighted by Gasteiger charge is -2.40. The average Bonchev–Trinajstić information content (AvgIpc) is 2.91. The molecule has 6 heteroatoms. The zero-order valence-electron chi connectivity index (χ0n) is 18.7. The number of nitrogens with one attached hydrogen (secondary N) is 2. The lowest BCUT2D eigenvalue weighted by molar-refractivity contribution is -0.135. The number of benzene rings is 1. The van der Waals surface area contributed by atoms with Crippen molar-refractivity contribution in [2.45, 2.75) is 78.2 Å². The molecule has 1 saturated heterocycles. The summed E-state index contributed by atoms with van der Waals surface area (Å²) in [5.41, 5.74) is 1.27. The number of hydrogen-bond acceptors (Lipinski definition) is 3. The smallest absolute Gasteiger partial charge is 0.325 e. The van der Waals surface area contributed by atoms with Crippen LogP contribution in [-0.4, -0.2) is 34.8 Å². The molecule has 2 aliphatic rings. The fourth-order valence-corrected chi connectivity index (χ4v) is 4.62. The summed E-state index contributed by atoms with van der Waals surface area (Å²) >= 11 is 0. The van der Waals surface area contributed by atoms with Gasteiger partial charge in [0.05, 0.1) is 0 Å². The van der Waals surface area contributed by atoms with Crippen molar-refractivity contribution < 1.29 is 14.4 Å². The molecule has 0 aromatic heterocycles. The number of nitrogens with zero attached hydrogens (tertiary/aromatic N) is 1. The summed E-state index contributed by atoms with van der Waals surface area (Å²) in [6.45, 7) is 8.56. The average molecular weight is 414 g/mol. The lowest BCUT2D eigenvalue weighted by Crippen LogP contribution is -2.50. The Kier molecular flexibility index (Phi) is 6.53. The fraction of sp³-hybridized carbons (Fsp3) is 0.625. The molecule has 3 rings (SSSR count). The van der Waals surface area contributed by atoms with Gasteiger partial charge in [-0.3, -0.25) is 14.5 Å². The Morgan fingerprint density at radius 1 is 1.17 bits per heavy atom. The highest BCUT2D eigenvalue weighted by Crippen LogP contribution is 2.43. The van der Waals surface area contributed by atoms with E-state index in [4.69, 9.17) is 0 Å². The van der Waals surface area contributed by atoms with Crippen LogP contribution in [0.15, 0.2) is 24.3 Å². The van der Waals surface area contributed by atoms with Crippen molar-refractivity contribution in [3.05, 3.63) is 29.8 Å². The number of unbranched alkanes of at least 4 members (excludes halogenated alkanes) is 1. The van der Waals surface area contributed by atoms with Crippen molar-refractivity contribution in [3.63, 3.8) is 0 Å². The fourth-order valence-electron chi connectivity index (χ4n) is 4.62. The largest absolute Gasteiger partial charge is 0.325 e. The second-order valence-corrected chi connectivity index (χ2v) is 9.89. The number of anilines is 1. The maximum Gasteiger partial charge on any atom is 0.325 e. The number of urea groups is 1. The molecule has 4 amide bonds. The quantitative estimate of drug-likeness (QED) is 0.674. The molecular formula is C24H35N3O3. The predicted molar refractivity (Wildman–Crippen MR) is 118 cm³/mol. The van der Waals surface area contributed by atoms with Gasteiger partial charge in [-0.25, -0.2) is 4.79 Å². The first kappa shape index (κ1) is 22.3. The maximum absolute atomic E-state index is 13.0. The van der Waals surface area contributed by atoms with Crippen LogP contribution in [0, 0.1) is 11.3 Å². The topological polar surface area (TPSA) is 78.5 Å². The van der Waals surface area contributed by atoms with Crippen LogP contribution in [0.3, 0.4) is 0 Å². The Hall–Kier alpha value is -2.37. The molecule has 0 unspecified atom stereocenters. The van der Waals surface area contributed by atoms with Gasteiger partial charge in [0.25, 0.3) is 5.91 Å². The normalized spacial score (nSPS) is 24.3. The standard InChI is InChI=1S/C24H35N3O3/c1-5-6-7-17-8-10-19(11-9-17)25-20(28)16-27-21(29)24(26-22(27)30)14-12-18(13-15-24)23(2,3)4/h8-11,18H,5-7,12-16H2,1-4H3,(H,25,28)(H,26,30). The third-order valence-corrected chi connectivity index (χ3v) is 6.67. The first-order chi connectivity index (χ1) is 14.1. The molecule has 1 aromatic carbocycles. The molecule has 1 spiro atoms. The van der Waals surface area contributed by atoms with Crippen LogP contribution in [0.2, 0.25) is 0 Å². The van der Waals surface area contributed by atoms with Crippen LogP contribution in [0.25, 0.3) is 0 Å². The van der Waals surface area contributed by atoms with Crippen LogP contribution in [-0.2, 0) is 16.0 Å². The van der Waals surface area contributed by atoms with Gasteiger partial charge in [0.1, 0.15) is 12.1 Å². The van der Waals surface area contributed by atoms with Gasteiger partial charge >= 0.3 is 6.03 Å². The Morgan fingerprint density at radius 2 is 1.80 bits per heavy atom. The monoisotopic (exact) mass is 413 g/mol. The Morgan fingerprint density at radius 3 is 2.37 bits per heavy atom. The molecule has 1 saturated carbocycles. The van der Waals surface area contributed by atoms with Crippen molar-refractivity contribution in [1.82, 2.24) is 10.2 Å². The van der Waals surface area contributed by atoms with Gasteiger partial charge in [-0.05, 0) is 67.6 Å². The Bertz CT molecular complexity index is 787. The molecule has 6 nitrogen and oxygen atoms in total. The van der Waals surface area contributed by atoms with Crippen molar-refractivity contribution in [2.24, 2.45) is 11.3 Å². The van der Waals surface area contributed by atoms with E-state index >= 15 is 0 Å². The zero-order chi connectivity index (χ0) is 21.9. The molecule has 2 fully saturated rings. The van der Waals surface area contributed by atoms with Crippen molar-refractivity contribution in [2.75, 3.05) is 11.9 Å². The molecule has 30 heavy (non-hydrogen) atoms. The SMILES string of the molecule is CCCCc1ccc(NC(=O)CN2C(=O)NC3(CCC(C(C)(C)C)CC3)C2=O)cc1. The number of aryl methyl sites for hydroxylation is 1. The highest BCUT2D eigenvalue weighted by molar-refractivity contribution is 6.10. The number of rotatable bonds is 6. The molecule has 2 N–H and O–H groups in total. The van der Waals surface area contributed by atoms with Gasteiger partial charge in [-0.2, -0.15) is 0 Å². The van der Waals surface area contributed by atoms with E-state index in [1.807, 2.05) is 24.3 Å². The minimum Gasteiger partial charge on any atom is -0.325 e. The van der Waals surface area contributed by atoms with Crippen LogP contribution >= 0.6 is 0 Å². The van der Waals surface area contributed by atoms with E-state index in [0.29, 0.717) is 24.4 Å². The van der Waals surface area contributed by atoms with Gasteiger partial charge in [-0.1, -0.05) is 46.2 Å². The summed E-state index contributed by atoms with van der Waals surface area (Å²) in [5, 5.41) is 5.69.